The zero-order chi connectivity index (χ0) is 22.5. The van der Waals surface area contributed by atoms with Gasteiger partial charge in [0.15, 0.2) is 6.61 Å². The lowest BCUT2D eigenvalue weighted by atomic mass is 10.1. The molecule has 31 heavy (non-hydrogen) atoms. The van der Waals surface area contributed by atoms with E-state index in [4.69, 9.17) is 9.26 Å². The molecule has 1 aromatic heterocycles. The minimum atomic E-state index is -0.458. The first kappa shape index (κ1) is 21.9. The van der Waals surface area contributed by atoms with Gasteiger partial charge in [0.05, 0.1) is 4.92 Å². The van der Waals surface area contributed by atoms with Crippen molar-refractivity contribution in [2.75, 3.05) is 6.61 Å². The molecule has 3 aromatic rings. The van der Waals surface area contributed by atoms with Crippen molar-refractivity contribution in [3.05, 3.63) is 69.6 Å². The van der Waals surface area contributed by atoms with Gasteiger partial charge in [-0.25, -0.2) is 0 Å². The summed E-state index contributed by atoms with van der Waals surface area (Å²) in [6.45, 7) is 7.30. The number of carbonyl (C=O) groups is 1. The number of aryl methyl sites for hydroxylation is 2. The molecule has 1 amide bonds. The number of rotatable bonds is 8. The van der Waals surface area contributed by atoms with E-state index in [2.05, 4.69) is 10.1 Å². The summed E-state index contributed by atoms with van der Waals surface area (Å²) < 4.78 is 10.9. The molecule has 2 aromatic carbocycles. The Bertz CT molecular complexity index is 1090. The zero-order valence-corrected chi connectivity index (χ0v) is 17.9. The molecule has 0 bridgehead atoms. The third kappa shape index (κ3) is 5.44. The van der Waals surface area contributed by atoms with Crippen LogP contribution < -0.4 is 4.74 Å². The summed E-state index contributed by atoms with van der Waals surface area (Å²) in [6.07, 6.45) is 0. The van der Waals surface area contributed by atoms with Gasteiger partial charge in [-0.3, -0.25) is 14.9 Å². The van der Waals surface area contributed by atoms with Crippen molar-refractivity contribution < 1.29 is 19.0 Å². The highest BCUT2D eigenvalue weighted by atomic mass is 16.6. The molecule has 0 saturated carbocycles. The summed E-state index contributed by atoms with van der Waals surface area (Å²) in [5.41, 5.74) is 2.39. The average Bonchev–Trinajstić information content (AvgIpc) is 3.18. The third-order valence-corrected chi connectivity index (χ3v) is 4.72. The molecule has 0 spiro atoms. The van der Waals surface area contributed by atoms with Gasteiger partial charge in [0.2, 0.25) is 11.7 Å². The molecule has 0 unspecified atom stereocenters. The lowest BCUT2D eigenvalue weighted by Crippen LogP contribution is -2.39. The van der Waals surface area contributed by atoms with Crippen LogP contribution in [-0.2, 0) is 11.3 Å². The Balaban J connectivity index is 1.66. The summed E-state index contributed by atoms with van der Waals surface area (Å²) in [6, 6.07) is 12.0. The van der Waals surface area contributed by atoms with Gasteiger partial charge >= 0.3 is 0 Å². The van der Waals surface area contributed by atoms with Gasteiger partial charge in [0.1, 0.15) is 12.3 Å². The molecular formula is C22H24N4O5. The number of nitro groups is 1. The van der Waals surface area contributed by atoms with Gasteiger partial charge in [-0.15, -0.1) is 0 Å². The fraction of sp³-hybridized carbons (Fsp3) is 0.318. The number of aromatic nitrogens is 2. The fourth-order valence-corrected chi connectivity index (χ4v) is 3.08. The second-order valence-corrected chi connectivity index (χ2v) is 7.49. The van der Waals surface area contributed by atoms with E-state index in [1.165, 1.54) is 18.2 Å². The predicted octanol–water partition coefficient (Wildman–Crippen LogP) is 4.08. The lowest BCUT2D eigenvalue weighted by molar-refractivity contribution is -0.385. The van der Waals surface area contributed by atoms with E-state index in [0.717, 1.165) is 11.1 Å². The normalized spacial score (nSPS) is 10.9. The third-order valence-electron chi connectivity index (χ3n) is 4.72. The highest BCUT2D eigenvalue weighted by molar-refractivity contribution is 5.78. The summed E-state index contributed by atoms with van der Waals surface area (Å²) in [4.78, 5) is 29.2. The first-order valence-electron chi connectivity index (χ1n) is 9.81. The van der Waals surface area contributed by atoms with Crippen molar-refractivity contribution in [1.82, 2.24) is 15.0 Å². The highest BCUT2D eigenvalue weighted by Gasteiger charge is 2.22. The van der Waals surface area contributed by atoms with Crippen LogP contribution in [0.2, 0.25) is 0 Å². The molecule has 0 atom stereocenters. The lowest BCUT2D eigenvalue weighted by Gasteiger charge is -2.25. The highest BCUT2D eigenvalue weighted by Crippen LogP contribution is 2.23. The van der Waals surface area contributed by atoms with Gasteiger partial charge in [-0.1, -0.05) is 28.9 Å². The van der Waals surface area contributed by atoms with E-state index in [-0.39, 0.29) is 30.8 Å². The van der Waals surface area contributed by atoms with Crippen LogP contribution in [-0.4, -0.2) is 38.5 Å². The van der Waals surface area contributed by atoms with Gasteiger partial charge in [-0.05, 0) is 45.9 Å². The molecule has 0 aliphatic heterocycles. The van der Waals surface area contributed by atoms with Gasteiger partial charge in [0.25, 0.3) is 11.6 Å². The fourth-order valence-electron chi connectivity index (χ4n) is 3.08. The van der Waals surface area contributed by atoms with Crippen LogP contribution >= 0.6 is 0 Å². The van der Waals surface area contributed by atoms with Crippen molar-refractivity contribution in [2.45, 2.75) is 40.3 Å². The largest absolute Gasteiger partial charge is 0.484 e. The predicted molar refractivity (Wildman–Crippen MR) is 113 cm³/mol. The molecule has 9 heteroatoms. The Labute approximate surface area is 179 Å². The maximum Gasteiger partial charge on any atom is 0.272 e. The zero-order valence-electron chi connectivity index (χ0n) is 17.9. The van der Waals surface area contributed by atoms with Crippen molar-refractivity contribution in [3.8, 4) is 17.1 Å². The van der Waals surface area contributed by atoms with E-state index >= 15 is 0 Å². The Morgan fingerprint density at radius 2 is 2.00 bits per heavy atom. The number of ether oxygens (including phenoxy) is 1. The Morgan fingerprint density at radius 1 is 1.23 bits per heavy atom. The molecule has 0 saturated heterocycles. The molecule has 0 aliphatic rings. The number of nitro benzene ring substituents is 1. The molecular weight excluding hydrogens is 400 g/mol. The maximum atomic E-state index is 12.7. The minimum Gasteiger partial charge on any atom is -0.484 e. The van der Waals surface area contributed by atoms with Gasteiger partial charge in [-0.2, -0.15) is 4.98 Å². The molecule has 9 nitrogen and oxygen atoms in total. The summed E-state index contributed by atoms with van der Waals surface area (Å²) in [7, 11) is 0. The Morgan fingerprint density at radius 3 is 2.65 bits per heavy atom. The van der Waals surface area contributed by atoms with Crippen LogP contribution in [0.25, 0.3) is 11.4 Å². The molecule has 0 radical (unpaired) electrons. The minimum absolute atomic E-state index is 0.00305. The summed E-state index contributed by atoms with van der Waals surface area (Å²) in [5.74, 6) is 0.915. The second-order valence-electron chi connectivity index (χ2n) is 7.49. The number of amides is 1. The van der Waals surface area contributed by atoms with Crippen molar-refractivity contribution >= 4 is 11.6 Å². The van der Waals surface area contributed by atoms with Crippen LogP contribution in [0.15, 0.2) is 47.0 Å². The monoisotopic (exact) mass is 424 g/mol. The standard InChI is InChI=1S/C22H24N4O5/c1-14(2)25(12-20-23-22(24-31-20)17-7-5-6-15(3)10-17)21(27)13-30-18-8-9-19(26(28)29)16(4)11-18/h5-11,14H,12-13H2,1-4H3. The van der Waals surface area contributed by atoms with Crippen LogP contribution in [0.1, 0.15) is 30.9 Å². The first-order valence-corrected chi connectivity index (χ1v) is 9.81. The van der Waals surface area contributed by atoms with Crippen LogP contribution in [0.5, 0.6) is 5.75 Å². The molecule has 3 rings (SSSR count). The molecule has 0 aliphatic carbocycles. The number of benzene rings is 2. The van der Waals surface area contributed by atoms with Crippen LogP contribution in [0, 0.1) is 24.0 Å². The number of hydrogen-bond acceptors (Lipinski definition) is 7. The van der Waals surface area contributed by atoms with Crippen LogP contribution in [0.3, 0.4) is 0 Å². The molecule has 162 valence electrons. The Hall–Kier alpha value is -3.75. The van der Waals surface area contributed by atoms with Gasteiger partial charge in [0, 0.05) is 23.2 Å². The van der Waals surface area contributed by atoms with Gasteiger partial charge < -0.3 is 14.2 Å². The smallest absolute Gasteiger partial charge is 0.272 e. The van der Waals surface area contributed by atoms with Crippen LogP contribution in [0.4, 0.5) is 5.69 Å². The van der Waals surface area contributed by atoms with E-state index in [0.29, 0.717) is 23.0 Å². The summed E-state index contributed by atoms with van der Waals surface area (Å²) >= 11 is 0. The number of hydrogen-bond donors (Lipinski definition) is 0. The Kier molecular flexibility index (Phi) is 6.64. The summed E-state index contributed by atoms with van der Waals surface area (Å²) in [5, 5.41) is 14.9. The van der Waals surface area contributed by atoms with Crippen molar-refractivity contribution in [3.63, 3.8) is 0 Å². The van der Waals surface area contributed by atoms with Crippen molar-refractivity contribution in [2.24, 2.45) is 0 Å². The number of nitrogens with zero attached hydrogens (tertiary/aromatic N) is 4. The molecule has 1 heterocycles. The molecule has 0 N–H and O–H groups in total. The second kappa shape index (κ2) is 9.38. The van der Waals surface area contributed by atoms with E-state index in [9.17, 15) is 14.9 Å². The molecule has 0 fully saturated rings. The topological polar surface area (TPSA) is 112 Å². The van der Waals surface area contributed by atoms with E-state index in [1.54, 1.807) is 11.8 Å². The quantitative estimate of drug-likeness (QED) is 0.396. The van der Waals surface area contributed by atoms with E-state index < -0.39 is 4.92 Å². The SMILES string of the molecule is Cc1cccc(-c2noc(CN(C(=O)COc3ccc([N+](=O)[O-])c(C)c3)C(C)C)n2)c1. The number of carbonyl (C=O) groups excluding carboxylic acids is 1. The van der Waals surface area contributed by atoms with E-state index in [1.807, 2.05) is 45.0 Å². The van der Waals surface area contributed by atoms with Crippen molar-refractivity contribution in [1.29, 1.82) is 0 Å². The average molecular weight is 424 g/mol. The first-order chi connectivity index (χ1) is 14.7. The maximum absolute atomic E-state index is 12.7.